The summed E-state index contributed by atoms with van der Waals surface area (Å²) in [6, 6.07) is 23.2. The van der Waals surface area contributed by atoms with Crippen molar-refractivity contribution >= 4 is 34.0 Å². The van der Waals surface area contributed by atoms with Crippen LogP contribution in [0.2, 0.25) is 0 Å². The zero-order chi connectivity index (χ0) is 42.5. The molecule has 6 heterocycles. The van der Waals surface area contributed by atoms with Gasteiger partial charge in [-0.15, -0.1) is 10.2 Å². The number of carbonyl (C=O) groups excluding carboxylic acids is 1. The minimum atomic E-state index is -1.34. The Hall–Kier alpha value is -5.50. The zero-order valence-corrected chi connectivity index (χ0v) is 33.8. The number of nitrogens with one attached hydrogen (secondary N) is 1. The first-order chi connectivity index (χ1) is 30.1. The first-order valence-electron chi connectivity index (χ1n) is 22.5. The van der Waals surface area contributed by atoms with Gasteiger partial charge in [0.1, 0.15) is 17.5 Å². The van der Waals surface area contributed by atoms with Gasteiger partial charge in [0.15, 0.2) is 5.82 Å². The highest BCUT2D eigenvalue weighted by Crippen LogP contribution is 2.46. The summed E-state index contributed by atoms with van der Waals surface area (Å²) in [6.07, 6.45) is 10.6. The van der Waals surface area contributed by atoms with E-state index in [0.29, 0.717) is 86.8 Å². The summed E-state index contributed by atoms with van der Waals surface area (Å²) in [4.78, 5) is 21.7. The number of anilines is 3. The molecule has 13 heteroatoms. The van der Waals surface area contributed by atoms with Crippen LogP contribution in [0.3, 0.4) is 0 Å². The SMILES string of the molecule is [2H]C1C=CN(c2ccc3c(c2)c(C2CC2)cn3C2CCN(CC3(F)CCN(C(=O)c4ccc(C5CN(c6cc(-c7ccccc7O)nnc6N)CCO5)cc4)CC3)CC2)[C@@H]([2H])N1. The molecule has 4 N–H and O–H groups in total. The van der Waals surface area contributed by atoms with Crippen LogP contribution in [0.1, 0.15) is 80.8 Å². The number of benzene rings is 3. The van der Waals surface area contributed by atoms with Crippen molar-refractivity contribution in [3.8, 4) is 17.0 Å². The molecule has 0 bridgehead atoms. The van der Waals surface area contributed by atoms with Crippen LogP contribution in [0.4, 0.5) is 21.6 Å². The molecule has 5 aliphatic rings. The van der Waals surface area contributed by atoms with Gasteiger partial charge in [0.2, 0.25) is 0 Å². The summed E-state index contributed by atoms with van der Waals surface area (Å²) in [5, 5.41) is 23.0. The number of fused-ring (bicyclic) bond motifs is 1. The largest absolute Gasteiger partial charge is 0.507 e. The number of hydrogen-bond acceptors (Lipinski definition) is 10. The fourth-order valence-corrected chi connectivity index (χ4v) is 9.55. The number of morpholine rings is 1. The second-order valence-corrected chi connectivity index (χ2v) is 17.1. The summed E-state index contributed by atoms with van der Waals surface area (Å²) >= 11 is 0. The maximum Gasteiger partial charge on any atom is 0.253 e. The van der Waals surface area contributed by atoms with E-state index < -0.39 is 18.8 Å². The summed E-state index contributed by atoms with van der Waals surface area (Å²) in [5.74, 6) is 0.908. The lowest BCUT2D eigenvalue weighted by molar-refractivity contribution is 0.0158. The molecule has 0 spiro atoms. The molecule has 1 saturated carbocycles. The Morgan fingerprint density at radius 3 is 2.55 bits per heavy atom. The van der Waals surface area contributed by atoms with E-state index in [4.69, 9.17) is 13.2 Å². The third-order valence-corrected chi connectivity index (χ3v) is 13.1. The van der Waals surface area contributed by atoms with Gasteiger partial charge < -0.3 is 39.7 Å². The molecule has 0 radical (unpaired) electrons. The van der Waals surface area contributed by atoms with E-state index in [1.165, 1.54) is 29.3 Å². The monoisotopic (exact) mass is 813 g/mol. The third kappa shape index (κ3) is 7.81. The van der Waals surface area contributed by atoms with Crippen molar-refractivity contribution in [3.63, 3.8) is 0 Å². The lowest BCUT2D eigenvalue weighted by Gasteiger charge is -2.41. The Labute approximate surface area is 353 Å². The van der Waals surface area contributed by atoms with Gasteiger partial charge in [-0.1, -0.05) is 30.3 Å². The predicted octanol–water partition coefficient (Wildman–Crippen LogP) is 7.00. The Bertz CT molecular complexity index is 2460. The van der Waals surface area contributed by atoms with E-state index in [9.17, 15) is 9.90 Å². The molecule has 3 aromatic carbocycles. The van der Waals surface area contributed by atoms with Crippen molar-refractivity contribution in [2.45, 2.75) is 62.3 Å². The third-order valence-electron chi connectivity index (χ3n) is 13.1. The topological polar surface area (TPSA) is 128 Å². The summed E-state index contributed by atoms with van der Waals surface area (Å²) < 4.78 is 41.5. The van der Waals surface area contributed by atoms with Crippen molar-refractivity contribution in [2.75, 3.05) is 81.1 Å². The van der Waals surface area contributed by atoms with Crippen LogP contribution < -0.4 is 20.9 Å². The van der Waals surface area contributed by atoms with Crippen molar-refractivity contribution in [3.05, 3.63) is 108 Å². The maximum absolute atomic E-state index is 16.5. The van der Waals surface area contributed by atoms with Gasteiger partial charge >= 0.3 is 0 Å². The number of carbonyl (C=O) groups is 1. The van der Waals surface area contributed by atoms with E-state index in [2.05, 4.69) is 54.3 Å². The van der Waals surface area contributed by atoms with Gasteiger partial charge in [-0.05, 0) is 91.3 Å². The molecule has 60 heavy (non-hydrogen) atoms. The number of phenols is 1. The average molecular weight is 814 g/mol. The Kier molecular flexibility index (Phi) is 9.80. The number of halogens is 1. The van der Waals surface area contributed by atoms with E-state index in [1.54, 1.807) is 29.2 Å². The van der Waals surface area contributed by atoms with Crippen molar-refractivity contribution < 1.29 is 21.8 Å². The van der Waals surface area contributed by atoms with Gasteiger partial charge in [-0.25, -0.2) is 4.39 Å². The van der Waals surface area contributed by atoms with Gasteiger partial charge in [0.25, 0.3) is 5.91 Å². The molecular formula is C47H54FN9O3. The summed E-state index contributed by atoms with van der Waals surface area (Å²) in [7, 11) is 0. The van der Waals surface area contributed by atoms with E-state index >= 15 is 4.39 Å². The van der Waals surface area contributed by atoms with Crippen LogP contribution in [-0.4, -0.2) is 107 Å². The molecular weight excluding hydrogens is 758 g/mol. The Balaban J connectivity index is 0.728. The van der Waals surface area contributed by atoms with Crippen LogP contribution >= 0.6 is 0 Å². The van der Waals surface area contributed by atoms with Crippen LogP contribution in [0.25, 0.3) is 22.2 Å². The van der Waals surface area contributed by atoms with E-state index in [0.717, 1.165) is 42.9 Å². The molecule has 1 amide bonds. The first-order valence-corrected chi connectivity index (χ1v) is 21.4. The Morgan fingerprint density at radius 2 is 1.78 bits per heavy atom. The number of ether oxygens (including phenoxy) is 1. The van der Waals surface area contributed by atoms with Crippen LogP contribution in [0.15, 0.2) is 91.3 Å². The number of phenolic OH excluding ortho intramolecular Hbond substituents is 1. The number of nitrogen functional groups attached to an aromatic ring is 1. The minimum absolute atomic E-state index is 0.0837. The van der Waals surface area contributed by atoms with Gasteiger partial charge in [0, 0.05) is 113 Å². The van der Waals surface area contributed by atoms with Gasteiger partial charge in [-0.2, -0.15) is 0 Å². The zero-order valence-electron chi connectivity index (χ0n) is 35.8. The number of amides is 1. The molecule has 3 atom stereocenters. The number of nitrogens with zero attached hydrogens (tertiary/aromatic N) is 7. The van der Waals surface area contributed by atoms with Crippen LogP contribution in [-0.2, 0) is 4.74 Å². The number of hydrogen-bond donors (Lipinski definition) is 3. The van der Waals surface area contributed by atoms with Crippen molar-refractivity contribution in [2.24, 2.45) is 0 Å². The molecule has 2 unspecified atom stereocenters. The van der Waals surface area contributed by atoms with Crippen LogP contribution in [0.5, 0.6) is 5.75 Å². The molecule has 312 valence electrons. The summed E-state index contributed by atoms with van der Waals surface area (Å²) in [5.41, 5.74) is 11.8. The molecule has 12 nitrogen and oxygen atoms in total. The molecule has 2 aromatic heterocycles. The lowest BCUT2D eigenvalue weighted by atomic mass is 9.91. The molecule has 3 saturated heterocycles. The van der Waals surface area contributed by atoms with Gasteiger partial charge in [0.05, 0.1) is 26.0 Å². The first kappa shape index (κ1) is 36.4. The number of aromatic nitrogens is 3. The average Bonchev–Trinajstić information content (AvgIpc) is 4.07. The second kappa shape index (κ2) is 16.2. The highest BCUT2D eigenvalue weighted by atomic mass is 19.1. The predicted molar refractivity (Wildman–Crippen MR) is 233 cm³/mol. The highest BCUT2D eigenvalue weighted by molar-refractivity contribution is 5.94. The number of piperidine rings is 2. The fraction of sp³-hybridized carbons (Fsp3) is 0.426. The van der Waals surface area contributed by atoms with Crippen molar-refractivity contribution in [1.82, 2.24) is 29.9 Å². The smallest absolute Gasteiger partial charge is 0.253 e. The fourth-order valence-electron chi connectivity index (χ4n) is 9.55. The number of para-hydroxylation sites is 1. The molecule has 4 aliphatic heterocycles. The number of likely N-dealkylation sites (tertiary alicyclic amines) is 2. The number of alkyl halides is 1. The highest BCUT2D eigenvalue weighted by Gasteiger charge is 2.39. The lowest BCUT2D eigenvalue weighted by Crippen LogP contribution is -2.51. The quantitative estimate of drug-likeness (QED) is 0.143. The summed E-state index contributed by atoms with van der Waals surface area (Å²) in [6.45, 7) is 3.14. The number of rotatable bonds is 9. The molecule has 5 aromatic rings. The Morgan fingerprint density at radius 1 is 0.983 bits per heavy atom. The minimum Gasteiger partial charge on any atom is -0.507 e. The normalized spacial score (nSPS) is 24.4. The molecule has 10 rings (SSSR count). The number of aromatic hydroxyl groups is 1. The second-order valence-electron chi connectivity index (χ2n) is 17.1. The standard InChI is InChI=1S/C47H54FN9O3/c48-47(30-53-20-14-35(15-21-53)57-28-39(32-6-7-32)38-26-36(12-13-41(38)57)56-19-3-18-50-31-56)16-22-54(23-17-47)46(59)34-10-8-33(9-11-34)44-29-55(24-25-60-44)42-27-40(51-52-45(42)49)37-4-1-2-5-43(37)58/h1-5,8-13,19,26-28,32,35,44,50,58H,6-7,14-18,20-25,29-31H2,(H2,49,52)/i18D,31D/t18?,31-,44?/m0/s1. The van der Waals surface area contributed by atoms with Gasteiger partial charge in [-0.3, -0.25) is 10.1 Å². The molecule has 1 aliphatic carbocycles. The van der Waals surface area contributed by atoms with Crippen molar-refractivity contribution in [1.29, 1.82) is 0 Å². The maximum atomic E-state index is 16.5. The van der Waals surface area contributed by atoms with E-state index in [-0.39, 0.29) is 17.8 Å². The van der Waals surface area contributed by atoms with E-state index in [1.807, 2.05) is 47.5 Å². The number of nitrogens with two attached hydrogens (primary N) is 1. The van der Waals surface area contributed by atoms with Crippen LogP contribution in [0, 0.1) is 0 Å². The molecule has 4 fully saturated rings.